The van der Waals surface area contributed by atoms with Crippen LogP contribution in [0.2, 0.25) is 0 Å². The average molecular weight is 377 g/mol. The molecule has 0 aliphatic rings. The average Bonchev–Trinajstić information content (AvgIpc) is 3.19. The van der Waals surface area contributed by atoms with Crippen LogP contribution in [-0.2, 0) is 0 Å². The van der Waals surface area contributed by atoms with Crippen LogP contribution in [0.1, 0.15) is 21.7 Å². The first kappa shape index (κ1) is 17.2. The van der Waals surface area contributed by atoms with E-state index in [4.69, 9.17) is 0 Å². The van der Waals surface area contributed by atoms with Gasteiger partial charge >= 0.3 is 0 Å². The summed E-state index contributed by atoms with van der Waals surface area (Å²) in [5.74, 6) is -0.1000. The molecule has 0 fully saturated rings. The molecule has 1 aromatic carbocycles. The second-order valence-electron chi connectivity index (χ2n) is 6.19. The number of rotatable bonds is 4. The highest BCUT2D eigenvalue weighted by atomic mass is 32.1. The summed E-state index contributed by atoms with van der Waals surface area (Å²) < 4.78 is 2.10. The smallest absolute Gasteiger partial charge is 0.251 e. The number of imidazole rings is 1. The zero-order chi connectivity index (χ0) is 19.0. The lowest BCUT2D eigenvalue weighted by Crippen LogP contribution is -2.17. The van der Waals surface area contributed by atoms with Crippen LogP contribution in [0.5, 0.6) is 0 Å². The van der Waals surface area contributed by atoms with Crippen LogP contribution in [0.25, 0.3) is 16.2 Å². The Morgan fingerprint density at radius 3 is 2.56 bits per heavy atom. The highest BCUT2D eigenvalue weighted by Crippen LogP contribution is 2.36. The SMILES string of the molecule is CNC(=O)c1ccc(Nc2nc(C)c(-c3c(C)nc4ccccn34)s2)cc1. The Labute approximate surface area is 160 Å². The molecule has 0 atom stereocenters. The molecule has 0 aliphatic carbocycles. The first-order valence-electron chi connectivity index (χ1n) is 8.57. The Balaban J connectivity index is 1.65. The number of hydrogen-bond donors (Lipinski definition) is 2. The van der Waals surface area contributed by atoms with Gasteiger partial charge in [-0.3, -0.25) is 9.20 Å². The topological polar surface area (TPSA) is 71.3 Å². The molecular weight excluding hydrogens is 358 g/mol. The highest BCUT2D eigenvalue weighted by Gasteiger charge is 2.17. The lowest BCUT2D eigenvalue weighted by Gasteiger charge is -2.04. The van der Waals surface area contributed by atoms with Crippen LogP contribution >= 0.6 is 11.3 Å². The van der Waals surface area contributed by atoms with Crippen molar-refractivity contribution in [2.75, 3.05) is 12.4 Å². The minimum Gasteiger partial charge on any atom is -0.355 e. The highest BCUT2D eigenvalue weighted by molar-refractivity contribution is 7.19. The first-order chi connectivity index (χ1) is 13.1. The molecule has 3 aromatic heterocycles. The molecule has 1 amide bonds. The minimum absolute atomic E-state index is 0.1000. The number of carbonyl (C=O) groups is 1. The number of benzene rings is 1. The summed E-state index contributed by atoms with van der Waals surface area (Å²) in [5, 5.41) is 6.75. The second kappa shape index (κ2) is 6.85. The summed E-state index contributed by atoms with van der Waals surface area (Å²) in [5.41, 5.74) is 5.45. The van der Waals surface area contributed by atoms with E-state index in [1.165, 1.54) is 0 Å². The van der Waals surface area contributed by atoms with Gasteiger partial charge in [0, 0.05) is 24.5 Å². The van der Waals surface area contributed by atoms with E-state index < -0.39 is 0 Å². The van der Waals surface area contributed by atoms with Crippen LogP contribution in [-0.4, -0.2) is 27.3 Å². The summed E-state index contributed by atoms with van der Waals surface area (Å²) >= 11 is 1.59. The molecule has 4 aromatic rings. The second-order valence-corrected chi connectivity index (χ2v) is 7.19. The van der Waals surface area contributed by atoms with Crippen LogP contribution in [0, 0.1) is 13.8 Å². The fraction of sp³-hybridized carbons (Fsp3) is 0.150. The van der Waals surface area contributed by atoms with Gasteiger partial charge in [0.25, 0.3) is 5.91 Å². The van der Waals surface area contributed by atoms with Gasteiger partial charge in [-0.25, -0.2) is 9.97 Å². The molecule has 0 saturated heterocycles. The van der Waals surface area contributed by atoms with Crippen molar-refractivity contribution in [2.45, 2.75) is 13.8 Å². The Kier molecular flexibility index (Phi) is 4.37. The van der Waals surface area contributed by atoms with Gasteiger partial charge in [0.05, 0.1) is 22.0 Å². The van der Waals surface area contributed by atoms with Crippen LogP contribution in [0.4, 0.5) is 10.8 Å². The molecule has 0 radical (unpaired) electrons. The van der Waals surface area contributed by atoms with E-state index in [1.807, 2.05) is 50.4 Å². The van der Waals surface area contributed by atoms with Gasteiger partial charge < -0.3 is 10.6 Å². The first-order valence-corrected chi connectivity index (χ1v) is 9.39. The van der Waals surface area contributed by atoms with Gasteiger partial charge in [-0.05, 0) is 50.2 Å². The van der Waals surface area contributed by atoms with E-state index in [0.29, 0.717) is 5.56 Å². The third-order valence-electron chi connectivity index (χ3n) is 4.34. The van der Waals surface area contributed by atoms with Gasteiger partial charge in [-0.15, -0.1) is 0 Å². The minimum atomic E-state index is -0.1000. The standard InChI is InChI=1S/C20H19N5OS/c1-12-17(25-11-5-4-6-16(25)22-12)18-13(2)23-20(27-18)24-15-9-7-14(8-10-15)19(26)21-3/h4-11H,1-3H3,(H,21,26)(H,23,24). The summed E-state index contributed by atoms with van der Waals surface area (Å²) in [4.78, 5) is 22.1. The lowest BCUT2D eigenvalue weighted by molar-refractivity contribution is 0.0963. The Morgan fingerprint density at radius 2 is 1.81 bits per heavy atom. The monoisotopic (exact) mass is 377 g/mol. The van der Waals surface area contributed by atoms with Crippen LogP contribution in [0.3, 0.4) is 0 Å². The van der Waals surface area contributed by atoms with E-state index >= 15 is 0 Å². The van der Waals surface area contributed by atoms with Crippen molar-refractivity contribution in [1.29, 1.82) is 0 Å². The molecule has 4 rings (SSSR count). The van der Waals surface area contributed by atoms with Gasteiger partial charge in [0.15, 0.2) is 5.13 Å². The van der Waals surface area contributed by atoms with Crippen molar-refractivity contribution in [3.05, 3.63) is 65.6 Å². The predicted octanol–water partition coefficient (Wildman–Crippen LogP) is 4.18. The number of thiazole rings is 1. The number of aryl methyl sites for hydroxylation is 2. The number of amides is 1. The summed E-state index contributed by atoms with van der Waals surface area (Å²) in [6, 6.07) is 13.3. The lowest BCUT2D eigenvalue weighted by atomic mass is 10.2. The number of anilines is 2. The zero-order valence-electron chi connectivity index (χ0n) is 15.3. The number of nitrogens with zero attached hydrogens (tertiary/aromatic N) is 3. The van der Waals surface area contributed by atoms with Crippen LogP contribution in [0.15, 0.2) is 48.7 Å². The van der Waals surface area contributed by atoms with Crippen molar-refractivity contribution < 1.29 is 4.79 Å². The molecule has 0 bridgehead atoms. The fourth-order valence-electron chi connectivity index (χ4n) is 3.03. The zero-order valence-corrected chi connectivity index (χ0v) is 16.1. The Morgan fingerprint density at radius 1 is 1.04 bits per heavy atom. The Hall–Kier alpha value is -3.19. The maximum atomic E-state index is 11.7. The quantitative estimate of drug-likeness (QED) is 0.560. The van der Waals surface area contributed by atoms with Crippen LogP contribution < -0.4 is 10.6 Å². The van der Waals surface area contributed by atoms with Crippen molar-refractivity contribution in [3.63, 3.8) is 0 Å². The van der Waals surface area contributed by atoms with E-state index in [0.717, 1.165) is 38.4 Å². The Bertz CT molecular complexity index is 1130. The molecule has 0 aliphatic heterocycles. The van der Waals surface area contributed by atoms with Gasteiger partial charge in [0.1, 0.15) is 5.65 Å². The van der Waals surface area contributed by atoms with Crippen molar-refractivity contribution in [3.8, 4) is 10.6 Å². The molecule has 3 heterocycles. The molecular formula is C20H19N5OS. The molecule has 0 spiro atoms. The number of nitrogens with one attached hydrogen (secondary N) is 2. The van der Waals surface area contributed by atoms with E-state index in [9.17, 15) is 4.79 Å². The molecule has 27 heavy (non-hydrogen) atoms. The molecule has 0 unspecified atom stereocenters. The largest absolute Gasteiger partial charge is 0.355 e. The van der Waals surface area contributed by atoms with E-state index in [-0.39, 0.29) is 5.91 Å². The molecule has 6 nitrogen and oxygen atoms in total. The van der Waals surface area contributed by atoms with Gasteiger partial charge in [-0.1, -0.05) is 17.4 Å². The number of pyridine rings is 1. The molecule has 136 valence electrons. The number of aromatic nitrogens is 3. The maximum absolute atomic E-state index is 11.7. The molecule has 7 heteroatoms. The van der Waals surface area contributed by atoms with Crippen molar-refractivity contribution >= 4 is 33.7 Å². The fourth-order valence-corrected chi connectivity index (χ4v) is 4.11. The third kappa shape index (κ3) is 3.17. The molecule has 2 N–H and O–H groups in total. The number of carbonyl (C=O) groups excluding carboxylic acids is 1. The number of hydrogen-bond acceptors (Lipinski definition) is 5. The van der Waals surface area contributed by atoms with Crippen molar-refractivity contribution in [2.24, 2.45) is 0 Å². The summed E-state index contributed by atoms with van der Waals surface area (Å²) in [6.07, 6.45) is 2.02. The van der Waals surface area contributed by atoms with E-state index in [2.05, 4.69) is 25.0 Å². The van der Waals surface area contributed by atoms with Gasteiger partial charge in [0.2, 0.25) is 0 Å². The predicted molar refractivity (Wildman–Crippen MR) is 109 cm³/mol. The summed E-state index contributed by atoms with van der Waals surface area (Å²) in [7, 11) is 1.62. The molecule has 0 saturated carbocycles. The number of fused-ring (bicyclic) bond motifs is 1. The maximum Gasteiger partial charge on any atom is 0.251 e. The van der Waals surface area contributed by atoms with Gasteiger partial charge in [-0.2, -0.15) is 0 Å². The van der Waals surface area contributed by atoms with Crippen molar-refractivity contribution in [1.82, 2.24) is 19.7 Å². The third-order valence-corrected chi connectivity index (χ3v) is 5.42. The summed E-state index contributed by atoms with van der Waals surface area (Å²) in [6.45, 7) is 4.03. The normalized spacial score (nSPS) is 10.9. The van der Waals surface area contributed by atoms with E-state index in [1.54, 1.807) is 30.5 Å².